The van der Waals surface area contributed by atoms with Gasteiger partial charge in [0, 0.05) is 24.5 Å². The summed E-state index contributed by atoms with van der Waals surface area (Å²) in [6, 6.07) is 9.76. The minimum absolute atomic E-state index is 0.449. The molecule has 3 rings (SSSR count). The second-order valence-electron chi connectivity index (χ2n) is 4.55. The first kappa shape index (κ1) is 13.2. The average Bonchev–Trinajstić information content (AvgIpc) is 2.98. The summed E-state index contributed by atoms with van der Waals surface area (Å²) in [4.78, 5) is 12.8. The number of para-hydroxylation sites is 1. The number of benzene rings is 1. The van der Waals surface area contributed by atoms with Crippen LogP contribution in [0, 0.1) is 0 Å². The molecule has 106 valence electrons. The van der Waals surface area contributed by atoms with Crippen molar-refractivity contribution < 1.29 is 4.52 Å². The van der Waals surface area contributed by atoms with E-state index in [1.165, 1.54) is 0 Å². The average molecular weight is 281 g/mol. The van der Waals surface area contributed by atoms with Gasteiger partial charge in [-0.1, -0.05) is 30.3 Å². The molecule has 1 N–H and O–H groups in total. The molecule has 0 aliphatic carbocycles. The minimum Gasteiger partial charge on any atom is -0.334 e. The molecule has 0 atom stereocenters. The molecule has 0 spiro atoms. The predicted molar refractivity (Wildman–Crippen MR) is 79.0 cm³/mol. The van der Waals surface area contributed by atoms with E-state index < -0.39 is 0 Å². The van der Waals surface area contributed by atoms with Crippen LogP contribution in [-0.4, -0.2) is 20.1 Å². The fourth-order valence-electron chi connectivity index (χ4n) is 1.85. The molecule has 2 aromatic heterocycles. The van der Waals surface area contributed by atoms with Crippen molar-refractivity contribution in [1.29, 1.82) is 0 Å². The van der Waals surface area contributed by atoms with E-state index in [1.54, 1.807) is 12.4 Å². The topological polar surface area (TPSA) is 76.7 Å². The third-order valence-electron chi connectivity index (χ3n) is 2.87. The molecule has 1 aromatic carbocycles. The van der Waals surface area contributed by atoms with Crippen molar-refractivity contribution in [1.82, 2.24) is 20.1 Å². The second-order valence-corrected chi connectivity index (χ2v) is 4.55. The van der Waals surface area contributed by atoms with E-state index in [0.29, 0.717) is 23.2 Å². The quantitative estimate of drug-likeness (QED) is 0.773. The molecule has 2 heterocycles. The van der Waals surface area contributed by atoms with E-state index in [1.807, 2.05) is 30.3 Å². The van der Waals surface area contributed by atoms with Gasteiger partial charge in [0.15, 0.2) is 5.82 Å². The van der Waals surface area contributed by atoms with Gasteiger partial charge in [0.25, 0.3) is 5.89 Å². The Kier molecular flexibility index (Phi) is 3.86. The van der Waals surface area contributed by atoms with Crippen LogP contribution in [0.4, 0.5) is 11.6 Å². The third-order valence-corrected chi connectivity index (χ3v) is 2.87. The Morgan fingerprint density at radius 3 is 2.57 bits per heavy atom. The van der Waals surface area contributed by atoms with Crippen LogP contribution in [0.25, 0.3) is 11.5 Å². The molecule has 0 fully saturated rings. The molecule has 0 saturated carbocycles. The summed E-state index contributed by atoms with van der Waals surface area (Å²) in [7, 11) is 0. The first-order valence-corrected chi connectivity index (χ1v) is 6.82. The van der Waals surface area contributed by atoms with Crippen molar-refractivity contribution in [3.05, 3.63) is 48.5 Å². The van der Waals surface area contributed by atoms with Crippen molar-refractivity contribution >= 4 is 11.6 Å². The van der Waals surface area contributed by atoms with Gasteiger partial charge in [0.2, 0.25) is 5.95 Å². The molecule has 0 aliphatic heterocycles. The number of anilines is 2. The molecule has 0 amide bonds. The van der Waals surface area contributed by atoms with Gasteiger partial charge < -0.3 is 9.84 Å². The lowest BCUT2D eigenvalue weighted by Crippen LogP contribution is -1.96. The Balaban J connectivity index is 1.74. The summed E-state index contributed by atoms with van der Waals surface area (Å²) in [6.45, 7) is 2.07. The van der Waals surface area contributed by atoms with Crippen LogP contribution in [0.15, 0.2) is 47.2 Å². The standard InChI is InChI=1S/C15H15N5O/c1-2-6-13-19-14(21-20-13)11-9-16-15(17-10-11)18-12-7-4-3-5-8-12/h3-5,7-10H,2,6H2,1H3,(H,16,17,18). The zero-order valence-electron chi connectivity index (χ0n) is 11.7. The maximum absolute atomic E-state index is 5.20. The van der Waals surface area contributed by atoms with E-state index in [-0.39, 0.29) is 0 Å². The fraction of sp³-hybridized carbons (Fsp3) is 0.200. The Labute approximate surface area is 122 Å². The number of hydrogen-bond donors (Lipinski definition) is 1. The van der Waals surface area contributed by atoms with Gasteiger partial charge in [-0.15, -0.1) is 0 Å². The number of hydrogen-bond acceptors (Lipinski definition) is 6. The fourth-order valence-corrected chi connectivity index (χ4v) is 1.85. The monoisotopic (exact) mass is 281 g/mol. The van der Waals surface area contributed by atoms with Gasteiger partial charge in [-0.3, -0.25) is 0 Å². The zero-order chi connectivity index (χ0) is 14.5. The van der Waals surface area contributed by atoms with Crippen molar-refractivity contribution in [2.45, 2.75) is 19.8 Å². The molecule has 0 saturated heterocycles. The number of aryl methyl sites for hydroxylation is 1. The van der Waals surface area contributed by atoms with Gasteiger partial charge in [-0.25, -0.2) is 9.97 Å². The van der Waals surface area contributed by atoms with Crippen LogP contribution in [0.3, 0.4) is 0 Å². The van der Waals surface area contributed by atoms with Crippen LogP contribution in [-0.2, 0) is 6.42 Å². The highest BCUT2D eigenvalue weighted by Crippen LogP contribution is 2.17. The number of rotatable bonds is 5. The maximum Gasteiger partial charge on any atom is 0.261 e. The first-order chi connectivity index (χ1) is 10.3. The lowest BCUT2D eigenvalue weighted by atomic mass is 10.3. The third kappa shape index (κ3) is 3.22. The minimum atomic E-state index is 0.449. The van der Waals surface area contributed by atoms with E-state index in [9.17, 15) is 0 Å². The van der Waals surface area contributed by atoms with Crippen LogP contribution >= 0.6 is 0 Å². The lowest BCUT2D eigenvalue weighted by molar-refractivity contribution is 0.422. The van der Waals surface area contributed by atoms with Crippen LogP contribution in [0.2, 0.25) is 0 Å². The van der Waals surface area contributed by atoms with Crippen LogP contribution in [0.5, 0.6) is 0 Å². The summed E-state index contributed by atoms with van der Waals surface area (Å²) >= 11 is 0. The largest absolute Gasteiger partial charge is 0.334 e. The van der Waals surface area contributed by atoms with Crippen molar-refractivity contribution in [3.8, 4) is 11.5 Å². The zero-order valence-corrected chi connectivity index (χ0v) is 11.7. The Morgan fingerprint density at radius 2 is 1.86 bits per heavy atom. The summed E-state index contributed by atoms with van der Waals surface area (Å²) in [5.41, 5.74) is 1.65. The molecule has 0 unspecified atom stereocenters. The van der Waals surface area contributed by atoms with Gasteiger partial charge in [-0.2, -0.15) is 4.98 Å². The number of nitrogens with zero attached hydrogens (tertiary/aromatic N) is 4. The van der Waals surface area contributed by atoms with Crippen LogP contribution < -0.4 is 5.32 Å². The normalized spacial score (nSPS) is 10.5. The van der Waals surface area contributed by atoms with Gasteiger partial charge >= 0.3 is 0 Å². The van der Waals surface area contributed by atoms with E-state index in [2.05, 4.69) is 32.3 Å². The number of aromatic nitrogens is 4. The highest BCUT2D eigenvalue weighted by Gasteiger charge is 2.09. The van der Waals surface area contributed by atoms with Crippen LogP contribution in [0.1, 0.15) is 19.2 Å². The Morgan fingerprint density at radius 1 is 1.10 bits per heavy atom. The summed E-state index contributed by atoms with van der Waals surface area (Å²) < 4.78 is 5.20. The molecule has 0 bridgehead atoms. The lowest BCUT2D eigenvalue weighted by Gasteiger charge is -2.03. The summed E-state index contributed by atoms with van der Waals surface area (Å²) in [5.74, 6) is 1.68. The van der Waals surface area contributed by atoms with Gasteiger partial charge in [0.05, 0.1) is 5.56 Å². The predicted octanol–water partition coefficient (Wildman–Crippen LogP) is 3.22. The highest BCUT2D eigenvalue weighted by atomic mass is 16.5. The molecule has 3 aromatic rings. The number of nitrogens with one attached hydrogen (secondary N) is 1. The first-order valence-electron chi connectivity index (χ1n) is 6.82. The Hall–Kier alpha value is -2.76. The molecule has 6 nitrogen and oxygen atoms in total. The van der Waals surface area contributed by atoms with Crippen molar-refractivity contribution in [3.63, 3.8) is 0 Å². The maximum atomic E-state index is 5.20. The van der Waals surface area contributed by atoms with E-state index in [4.69, 9.17) is 4.52 Å². The van der Waals surface area contributed by atoms with Gasteiger partial charge in [-0.05, 0) is 18.6 Å². The molecular weight excluding hydrogens is 266 g/mol. The summed E-state index contributed by atoms with van der Waals surface area (Å²) in [5, 5.41) is 7.03. The molecular formula is C15H15N5O. The summed E-state index contributed by atoms with van der Waals surface area (Å²) in [6.07, 6.45) is 5.12. The van der Waals surface area contributed by atoms with Crippen molar-refractivity contribution in [2.24, 2.45) is 0 Å². The highest BCUT2D eigenvalue weighted by molar-refractivity contribution is 5.55. The van der Waals surface area contributed by atoms with E-state index >= 15 is 0 Å². The molecule has 21 heavy (non-hydrogen) atoms. The second kappa shape index (κ2) is 6.13. The molecule has 0 aliphatic rings. The van der Waals surface area contributed by atoms with Crippen molar-refractivity contribution in [2.75, 3.05) is 5.32 Å². The SMILES string of the molecule is CCCc1noc(-c2cnc(Nc3ccccc3)nc2)n1. The van der Waals surface area contributed by atoms with Gasteiger partial charge in [0.1, 0.15) is 0 Å². The Bertz CT molecular complexity index is 694. The molecule has 0 radical (unpaired) electrons. The molecule has 6 heteroatoms. The smallest absolute Gasteiger partial charge is 0.261 e. The van der Waals surface area contributed by atoms with E-state index in [0.717, 1.165) is 18.5 Å².